The van der Waals surface area contributed by atoms with E-state index in [0.29, 0.717) is 12.1 Å². The van der Waals surface area contributed by atoms with Gasteiger partial charge in [0.2, 0.25) is 0 Å². The summed E-state index contributed by atoms with van der Waals surface area (Å²) in [5.74, 6) is -0.922. The fourth-order valence-electron chi connectivity index (χ4n) is 2.91. The number of hydrogen-bond acceptors (Lipinski definition) is 4. The molecule has 0 unspecified atom stereocenters. The molecule has 128 valence electrons. The molecule has 0 amide bonds. The Hall–Kier alpha value is -1.76. The van der Waals surface area contributed by atoms with Crippen LogP contribution < -0.4 is 0 Å². The van der Waals surface area contributed by atoms with E-state index < -0.39 is 5.97 Å². The van der Waals surface area contributed by atoms with Crippen molar-refractivity contribution in [2.45, 2.75) is 13.0 Å². The van der Waals surface area contributed by atoms with Crippen LogP contribution in [0.5, 0.6) is 0 Å². The van der Waals surface area contributed by atoms with Crippen LogP contribution in [0.1, 0.15) is 11.3 Å². The summed E-state index contributed by atoms with van der Waals surface area (Å²) in [6.45, 7) is 5.17. The SMILES string of the molecule is O=C(O)CCN1CCN(Cc2ccc(-c3ccccc3F)s2)CC1. The van der Waals surface area contributed by atoms with Gasteiger partial charge in [0, 0.05) is 54.6 Å². The second-order valence-electron chi connectivity index (χ2n) is 6.01. The minimum absolute atomic E-state index is 0.182. The summed E-state index contributed by atoms with van der Waals surface area (Å²) in [5, 5.41) is 8.74. The quantitative estimate of drug-likeness (QED) is 0.871. The van der Waals surface area contributed by atoms with Gasteiger partial charge in [-0.2, -0.15) is 0 Å². The van der Waals surface area contributed by atoms with E-state index in [9.17, 15) is 9.18 Å². The molecule has 1 aromatic heterocycles. The minimum atomic E-state index is -0.739. The van der Waals surface area contributed by atoms with Gasteiger partial charge in [-0.25, -0.2) is 4.39 Å². The van der Waals surface area contributed by atoms with Crippen molar-refractivity contribution in [2.24, 2.45) is 0 Å². The summed E-state index contributed by atoms with van der Waals surface area (Å²) in [7, 11) is 0. The Morgan fingerprint density at radius 3 is 2.50 bits per heavy atom. The van der Waals surface area contributed by atoms with Crippen LogP contribution >= 0.6 is 11.3 Å². The van der Waals surface area contributed by atoms with E-state index in [4.69, 9.17) is 5.11 Å². The predicted molar refractivity (Wildman–Crippen MR) is 93.7 cm³/mol. The van der Waals surface area contributed by atoms with E-state index >= 15 is 0 Å². The molecule has 3 rings (SSSR count). The van der Waals surface area contributed by atoms with Gasteiger partial charge in [0.25, 0.3) is 0 Å². The van der Waals surface area contributed by atoms with Crippen molar-refractivity contribution in [3.63, 3.8) is 0 Å². The molecule has 6 heteroatoms. The van der Waals surface area contributed by atoms with Gasteiger partial charge in [0.05, 0.1) is 6.42 Å². The van der Waals surface area contributed by atoms with Crippen LogP contribution in [-0.2, 0) is 11.3 Å². The van der Waals surface area contributed by atoms with E-state index in [-0.39, 0.29) is 12.2 Å². The number of carbonyl (C=O) groups is 1. The molecular weight excluding hydrogens is 327 g/mol. The van der Waals surface area contributed by atoms with Crippen LogP contribution in [0.15, 0.2) is 36.4 Å². The zero-order valence-electron chi connectivity index (χ0n) is 13.4. The Morgan fingerprint density at radius 1 is 1.08 bits per heavy atom. The lowest BCUT2D eigenvalue weighted by atomic mass is 10.2. The van der Waals surface area contributed by atoms with E-state index in [1.807, 2.05) is 18.2 Å². The standard InChI is InChI=1S/C18H21FN2O2S/c19-16-4-2-1-3-15(16)17-6-5-14(24-17)13-21-11-9-20(10-12-21)8-7-18(22)23/h1-6H,7-13H2,(H,22,23). The first-order valence-corrected chi connectivity index (χ1v) is 8.93. The molecule has 1 aliphatic rings. The lowest BCUT2D eigenvalue weighted by Crippen LogP contribution is -2.46. The number of carboxylic acid groups (broad SMARTS) is 1. The number of nitrogens with zero attached hydrogens (tertiary/aromatic N) is 2. The van der Waals surface area contributed by atoms with Gasteiger partial charge in [-0.1, -0.05) is 18.2 Å². The lowest BCUT2D eigenvalue weighted by molar-refractivity contribution is -0.137. The molecule has 1 saturated heterocycles. The molecule has 1 N–H and O–H groups in total. The van der Waals surface area contributed by atoms with E-state index in [0.717, 1.165) is 37.6 Å². The molecule has 0 atom stereocenters. The average Bonchev–Trinajstić information content (AvgIpc) is 3.03. The molecule has 24 heavy (non-hydrogen) atoms. The van der Waals surface area contributed by atoms with Gasteiger partial charge in [-0.3, -0.25) is 9.69 Å². The number of piperazine rings is 1. The van der Waals surface area contributed by atoms with E-state index in [1.54, 1.807) is 17.4 Å². The zero-order chi connectivity index (χ0) is 16.9. The van der Waals surface area contributed by atoms with Crippen molar-refractivity contribution in [3.8, 4) is 10.4 Å². The maximum atomic E-state index is 13.9. The highest BCUT2D eigenvalue weighted by molar-refractivity contribution is 7.15. The average molecular weight is 348 g/mol. The number of aliphatic carboxylic acids is 1. The monoisotopic (exact) mass is 348 g/mol. The van der Waals surface area contributed by atoms with Crippen molar-refractivity contribution in [1.29, 1.82) is 0 Å². The summed E-state index contributed by atoms with van der Waals surface area (Å²) in [6.07, 6.45) is 0.205. The maximum absolute atomic E-state index is 13.9. The summed E-state index contributed by atoms with van der Waals surface area (Å²) in [6, 6.07) is 10.9. The third-order valence-electron chi connectivity index (χ3n) is 4.29. The molecule has 0 aliphatic carbocycles. The van der Waals surface area contributed by atoms with Crippen molar-refractivity contribution in [1.82, 2.24) is 9.80 Å². The van der Waals surface area contributed by atoms with Gasteiger partial charge in [0.1, 0.15) is 5.82 Å². The van der Waals surface area contributed by atoms with Gasteiger partial charge in [-0.05, 0) is 18.2 Å². The zero-order valence-corrected chi connectivity index (χ0v) is 14.3. The summed E-state index contributed by atoms with van der Waals surface area (Å²) >= 11 is 1.64. The van der Waals surface area contributed by atoms with Crippen LogP contribution in [0.2, 0.25) is 0 Å². The second kappa shape index (κ2) is 7.88. The largest absolute Gasteiger partial charge is 0.481 e. The van der Waals surface area contributed by atoms with Crippen LogP contribution in [0, 0.1) is 5.82 Å². The summed E-state index contributed by atoms with van der Waals surface area (Å²) in [4.78, 5) is 17.4. The van der Waals surface area contributed by atoms with Gasteiger partial charge < -0.3 is 10.0 Å². The summed E-state index contributed by atoms with van der Waals surface area (Å²) in [5.41, 5.74) is 0.659. The Morgan fingerprint density at radius 2 is 1.79 bits per heavy atom. The number of thiophene rings is 1. The molecule has 2 heterocycles. The van der Waals surface area contributed by atoms with Crippen LogP contribution in [0.4, 0.5) is 4.39 Å². The van der Waals surface area contributed by atoms with Crippen LogP contribution in [0.3, 0.4) is 0 Å². The second-order valence-corrected chi connectivity index (χ2v) is 7.18. The molecule has 0 bridgehead atoms. The molecule has 0 radical (unpaired) electrons. The summed E-state index contributed by atoms with van der Waals surface area (Å²) < 4.78 is 13.9. The van der Waals surface area contributed by atoms with Gasteiger partial charge in [-0.15, -0.1) is 11.3 Å². The topological polar surface area (TPSA) is 43.8 Å². The van der Waals surface area contributed by atoms with Crippen LogP contribution in [-0.4, -0.2) is 53.6 Å². The maximum Gasteiger partial charge on any atom is 0.304 e. The third kappa shape index (κ3) is 4.41. The molecule has 1 aromatic carbocycles. The van der Waals surface area contributed by atoms with Gasteiger partial charge >= 0.3 is 5.97 Å². The number of hydrogen-bond donors (Lipinski definition) is 1. The Labute approximate surface area is 145 Å². The number of rotatable bonds is 6. The first-order valence-electron chi connectivity index (χ1n) is 8.12. The number of halogens is 1. The van der Waals surface area contributed by atoms with Crippen molar-refractivity contribution < 1.29 is 14.3 Å². The third-order valence-corrected chi connectivity index (χ3v) is 5.39. The van der Waals surface area contributed by atoms with Gasteiger partial charge in [0.15, 0.2) is 0 Å². The van der Waals surface area contributed by atoms with E-state index in [2.05, 4.69) is 15.9 Å². The highest BCUT2D eigenvalue weighted by Crippen LogP contribution is 2.30. The van der Waals surface area contributed by atoms with Crippen molar-refractivity contribution in [2.75, 3.05) is 32.7 Å². The number of carboxylic acids is 1. The Kier molecular flexibility index (Phi) is 5.60. The molecular formula is C18H21FN2O2S. The Balaban J connectivity index is 1.53. The first kappa shape index (κ1) is 17.1. The van der Waals surface area contributed by atoms with E-state index in [1.165, 1.54) is 10.9 Å². The molecule has 0 saturated carbocycles. The molecule has 1 fully saturated rings. The molecule has 0 spiro atoms. The first-order chi connectivity index (χ1) is 11.6. The Bertz CT molecular complexity index is 696. The normalized spacial score (nSPS) is 16.4. The fraction of sp³-hybridized carbons (Fsp3) is 0.389. The lowest BCUT2D eigenvalue weighted by Gasteiger charge is -2.34. The molecule has 2 aromatic rings. The van der Waals surface area contributed by atoms with Crippen molar-refractivity contribution >= 4 is 17.3 Å². The highest BCUT2D eigenvalue weighted by Gasteiger charge is 2.18. The highest BCUT2D eigenvalue weighted by atomic mass is 32.1. The van der Waals surface area contributed by atoms with Crippen LogP contribution in [0.25, 0.3) is 10.4 Å². The smallest absolute Gasteiger partial charge is 0.304 e. The van der Waals surface area contributed by atoms with Crippen molar-refractivity contribution in [3.05, 3.63) is 47.1 Å². The number of benzene rings is 1. The molecule has 1 aliphatic heterocycles. The predicted octanol–water partition coefficient (Wildman–Crippen LogP) is 3.15. The minimum Gasteiger partial charge on any atom is -0.481 e. The fourth-order valence-corrected chi connectivity index (χ4v) is 3.99. The molecule has 4 nitrogen and oxygen atoms in total.